The molecule has 3 N–H and O–H groups in total. The first kappa shape index (κ1) is 10.4. The van der Waals surface area contributed by atoms with Gasteiger partial charge in [-0.3, -0.25) is 9.89 Å². The maximum Gasteiger partial charge on any atom is 0.225 e. The van der Waals surface area contributed by atoms with Gasteiger partial charge < -0.3 is 5.73 Å². The largest absolute Gasteiger partial charge is 0.369 e. The maximum absolute atomic E-state index is 11.4. The highest BCUT2D eigenvalue weighted by atomic mass is 16.1. The SMILES string of the molecule is NC(=O)C(Cc1ccn[nH]1)c1ccccc1. The van der Waals surface area contributed by atoms with E-state index in [0.29, 0.717) is 6.42 Å². The van der Waals surface area contributed by atoms with Crippen molar-refractivity contribution < 1.29 is 4.79 Å². The van der Waals surface area contributed by atoms with Gasteiger partial charge in [-0.1, -0.05) is 30.3 Å². The van der Waals surface area contributed by atoms with Gasteiger partial charge in [-0.05, 0) is 11.6 Å². The molecule has 82 valence electrons. The molecule has 4 heteroatoms. The smallest absolute Gasteiger partial charge is 0.225 e. The number of nitrogens with zero attached hydrogens (tertiary/aromatic N) is 1. The normalized spacial score (nSPS) is 12.2. The second kappa shape index (κ2) is 4.61. The molecule has 2 aromatic rings. The average Bonchev–Trinajstić information content (AvgIpc) is 2.79. The Kier molecular flexibility index (Phi) is 3.00. The second-order valence-electron chi connectivity index (χ2n) is 3.65. The molecule has 0 spiro atoms. The van der Waals surface area contributed by atoms with Crippen LogP contribution in [0, 0.1) is 0 Å². The Morgan fingerprint density at radius 1 is 1.31 bits per heavy atom. The lowest BCUT2D eigenvalue weighted by Crippen LogP contribution is -2.23. The molecule has 0 saturated heterocycles. The van der Waals surface area contributed by atoms with Crippen molar-refractivity contribution in [3.63, 3.8) is 0 Å². The van der Waals surface area contributed by atoms with Crippen LogP contribution in [0.15, 0.2) is 42.6 Å². The number of H-pyrrole nitrogens is 1. The fourth-order valence-electron chi connectivity index (χ4n) is 1.69. The number of hydrogen-bond donors (Lipinski definition) is 2. The zero-order valence-electron chi connectivity index (χ0n) is 8.76. The number of nitrogens with two attached hydrogens (primary N) is 1. The highest BCUT2D eigenvalue weighted by molar-refractivity contribution is 5.82. The van der Waals surface area contributed by atoms with E-state index in [1.165, 1.54) is 0 Å². The highest BCUT2D eigenvalue weighted by Crippen LogP contribution is 2.19. The molecular formula is C12H13N3O. The van der Waals surface area contributed by atoms with Crippen LogP contribution in [0.3, 0.4) is 0 Å². The van der Waals surface area contributed by atoms with Gasteiger partial charge in [-0.2, -0.15) is 5.10 Å². The fraction of sp³-hybridized carbons (Fsp3) is 0.167. The third-order valence-corrected chi connectivity index (χ3v) is 2.53. The second-order valence-corrected chi connectivity index (χ2v) is 3.65. The van der Waals surface area contributed by atoms with Crippen molar-refractivity contribution in [2.24, 2.45) is 5.73 Å². The molecule has 0 bridgehead atoms. The van der Waals surface area contributed by atoms with Gasteiger partial charge in [0.15, 0.2) is 0 Å². The molecule has 0 aliphatic rings. The molecule has 0 aliphatic heterocycles. The van der Waals surface area contributed by atoms with Crippen LogP contribution in [0.4, 0.5) is 0 Å². The molecule has 1 unspecified atom stereocenters. The summed E-state index contributed by atoms with van der Waals surface area (Å²) in [5.74, 6) is -0.623. The lowest BCUT2D eigenvalue weighted by atomic mass is 9.94. The van der Waals surface area contributed by atoms with E-state index in [1.54, 1.807) is 6.20 Å². The predicted octanol–water partition coefficient (Wildman–Crippen LogP) is 1.22. The predicted molar refractivity (Wildman–Crippen MR) is 60.7 cm³/mol. The van der Waals surface area contributed by atoms with Crippen LogP contribution in [-0.4, -0.2) is 16.1 Å². The van der Waals surface area contributed by atoms with Gasteiger partial charge in [0, 0.05) is 18.3 Å². The summed E-state index contributed by atoms with van der Waals surface area (Å²) in [7, 11) is 0. The summed E-state index contributed by atoms with van der Waals surface area (Å²) in [4.78, 5) is 11.4. The van der Waals surface area contributed by atoms with Gasteiger partial charge in [0.1, 0.15) is 0 Å². The van der Waals surface area contributed by atoms with Gasteiger partial charge >= 0.3 is 0 Å². The van der Waals surface area contributed by atoms with Crippen LogP contribution in [0.25, 0.3) is 0 Å². The topological polar surface area (TPSA) is 71.8 Å². The number of hydrogen-bond acceptors (Lipinski definition) is 2. The maximum atomic E-state index is 11.4. The Morgan fingerprint density at radius 2 is 2.06 bits per heavy atom. The molecule has 1 aromatic carbocycles. The molecular weight excluding hydrogens is 202 g/mol. The third-order valence-electron chi connectivity index (χ3n) is 2.53. The molecule has 16 heavy (non-hydrogen) atoms. The zero-order valence-corrected chi connectivity index (χ0v) is 8.76. The molecule has 1 amide bonds. The van der Waals surface area contributed by atoms with E-state index in [-0.39, 0.29) is 11.8 Å². The van der Waals surface area contributed by atoms with Crippen LogP contribution in [0.5, 0.6) is 0 Å². The van der Waals surface area contributed by atoms with E-state index in [0.717, 1.165) is 11.3 Å². The van der Waals surface area contributed by atoms with E-state index >= 15 is 0 Å². The van der Waals surface area contributed by atoms with Gasteiger partial charge in [-0.15, -0.1) is 0 Å². The first-order valence-electron chi connectivity index (χ1n) is 5.10. The Morgan fingerprint density at radius 3 is 2.62 bits per heavy atom. The average molecular weight is 215 g/mol. The Hall–Kier alpha value is -2.10. The van der Waals surface area contributed by atoms with Gasteiger partial charge in [0.2, 0.25) is 5.91 Å². The van der Waals surface area contributed by atoms with Crippen molar-refractivity contribution in [1.29, 1.82) is 0 Å². The molecule has 2 rings (SSSR count). The van der Waals surface area contributed by atoms with Crippen molar-refractivity contribution in [1.82, 2.24) is 10.2 Å². The summed E-state index contributed by atoms with van der Waals surface area (Å²) in [6.07, 6.45) is 2.22. The molecule has 0 fully saturated rings. The molecule has 0 saturated carbocycles. The quantitative estimate of drug-likeness (QED) is 0.805. The number of aromatic nitrogens is 2. The van der Waals surface area contributed by atoms with E-state index in [2.05, 4.69) is 10.2 Å². The summed E-state index contributed by atoms with van der Waals surface area (Å²) >= 11 is 0. The van der Waals surface area contributed by atoms with E-state index in [1.807, 2.05) is 36.4 Å². The number of rotatable bonds is 4. The monoisotopic (exact) mass is 215 g/mol. The minimum Gasteiger partial charge on any atom is -0.369 e. The fourth-order valence-corrected chi connectivity index (χ4v) is 1.69. The molecule has 0 aliphatic carbocycles. The summed E-state index contributed by atoms with van der Waals surface area (Å²) in [6, 6.07) is 11.4. The third kappa shape index (κ3) is 2.28. The molecule has 1 atom stereocenters. The minimum atomic E-state index is -0.319. The zero-order chi connectivity index (χ0) is 11.4. The summed E-state index contributed by atoms with van der Waals surface area (Å²) in [6.45, 7) is 0. The van der Waals surface area contributed by atoms with Crippen LogP contribution >= 0.6 is 0 Å². The summed E-state index contributed by atoms with van der Waals surface area (Å²) in [5, 5.41) is 6.69. The first-order chi connectivity index (χ1) is 7.77. The van der Waals surface area contributed by atoms with Crippen molar-refractivity contribution in [2.75, 3.05) is 0 Å². The van der Waals surface area contributed by atoms with Crippen LogP contribution < -0.4 is 5.73 Å². The lowest BCUT2D eigenvalue weighted by Gasteiger charge is -2.12. The summed E-state index contributed by atoms with van der Waals surface area (Å²) in [5.41, 5.74) is 7.26. The van der Waals surface area contributed by atoms with Crippen LogP contribution in [0.2, 0.25) is 0 Å². The van der Waals surface area contributed by atoms with Crippen molar-refractivity contribution >= 4 is 5.91 Å². The van der Waals surface area contributed by atoms with E-state index in [9.17, 15) is 4.79 Å². The molecule has 4 nitrogen and oxygen atoms in total. The molecule has 1 aromatic heterocycles. The van der Waals surface area contributed by atoms with Gasteiger partial charge in [0.25, 0.3) is 0 Å². The standard InChI is InChI=1S/C12H13N3O/c13-12(16)11(8-10-6-7-14-15-10)9-4-2-1-3-5-9/h1-7,11H,8H2,(H2,13,16)(H,14,15). The van der Waals surface area contributed by atoms with E-state index in [4.69, 9.17) is 5.73 Å². The lowest BCUT2D eigenvalue weighted by molar-refractivity contribution is -0.119. The Bertz CT molecular complexity index is 450. The number of amides is 1. The Balaban J connectivity index is 2.22. The number of carbonyl (C=O) groups is 1. The minimum absolute atomic E-state index is 0.304. The number of benzene rings is 1. The first-order valence-corrected chi connectivity index (χ1v) is 5.10. The number of primary amides is 1. The van der Waals surface area contributed by atoms with Crippen molar-refractivity contribution in [2.45, 2.75) is 12.3 Å². The number of carbonyl (C=O) groups excluding carboxylic acids is 1. The molecule has 1 heterocycles. The summed E-state index contributed by atoms with van der Waals surface area (Å²) < 4.78 is 0. The molecule has 0 radical (unpaired) electrons. The van der Waals surface area contributed by atoms with Crippen LogP contribution in [0.1, 0.15) is 17.2 Å². The van der Waals surface area contributed by atoms with Crippen molar-refractivity contribution in [3.05, 3.63) is 53.9 Å². The number of aromatic amines is 1. The van der Waals surface area contributed by atoms with Gasteiger partial charge in [0.05, 0.1) is 5.92 Å². The van der Waals surface area contributed by atoms with Crippen LogP contribution in [-0.2, 0) is 11.2 Å². The van der Waals surface area contributed by atoms with E-state index < -0.39 is 0 Å². The Labute approximate surface area is 93.5 Å². The highest BCUT2D eigenvalue weighted by Gasteiger charge is 2.18. The van der Waals surface area contributed by atoms with Gasteiger partial charge in [-0.25, -0.2) is 0 Å². The van der Waals surface area contributed by atoms with Crippen molar-refractivity contribution in [3.8, 4) is 0 Å². The number of nitrogens with one attached hydrogen (secondary N) is 1.